The van der Waals surface area contributed by atoms with Crippen molar-refractivity contribution < 1.29 is 4.52 Å². The molecule has 0 aliphatic rings. The third kappa shape index (κ3) is 2.14. The maximum Gasteiger partial charge on any atom is 0.182 e. The van der Waals surface area contributed by atoms with Gasteiger partial charge in [-0.25, -0.2) is 0 Å². The van der Waals surface area contributed by atoms with Crippen LogP contribution in [0.1, 0.15) is 0 Å². The number of aromatic nitrogens is 1. The Labute approximate surface area is 113 Å². The molecule has 1 aromatic carbocycles. The highest BCUT2D eigenvalue weighted by Crippen LogP contribution is 2.33. The molecule has 2 rings (SSSR count). The summed E-state index contributed by atoms with van der Waals surface area (Å²) in [6.07, 6.45) is 0. The fourth-order valence-electron chi connectivity index (χ4n) is 1.11. The summed E-state index contributed by atoms with van der Waals surface area (Å²) >= 11 is 11.3. The Kier molecular flexibility index (Phi) is 3.22. The van der Waals surface area contributed by atoms with Crippen molar-refractivity contribution in [3.05, 3.63) is 31.3 Å². The van der Waals surface area contributed by atoms with E-state index in [-0.39, 0.29) is 0 Å². The van der Waals surface area contributed by atoms with E-state index in [0.29, 0.717) is 16.6 Å². The lowest BCUT2D eigenvalue weighted by Gasteiger charge is -1.99. The lowest BCUT2D eigenvalue weighted by atomic mass is 10.2. The van der Waals surface area contributed by atoms with Gasteiger partial charge in [0.1, 0.15) is 3.57 Å². The van der Waals surface area contributed by atoms with Crippen molar-refractivity contribution >= 4 is 55.9 Å². The van der Waals surface area contributed by atoms with Gasteiger partial charge in [-0.3, -0.25) is 0 Å². The summed E-state index contributed by atoms with van der Waals surface area (Å²) in [5.41, 5.74) is 6.48. The summed E-state index contributed by atoms with van der Waals surface area (Å²) in [5, 5.41) is 4.35. The molecule has 0 amide bonds. The minimum atomic E-state index is 0.400. The van der Waals surface area contributed by atoms with Crippen molar-refractivity contribution in [1.82, 2.24) is 5.16 Å². The van der Waals surface area contributed by atoms with Gasteiger partial charge in [0.25, 0.3) is 0 Å². The van der Waals surface area contributed by atoms with Gasteiger partial charge >= 0.3 is 0 Å². The number of rotatable bonds is 1. The Morgan fingerprint density at radius 1 is 1.47 bits per heavy atom. The van der Waals surface area contributed by atoms with Crippen molar-refractivity contribution in [3.63, 3.8) is 0 Å². The summed E-state index contributed by atoms with van der Waals surface area (Å²) in [4.78, 5) is 0. The SMILES string of the molecule is Nc1noc(-c2ccc(Cl)c(Br)c2)c1I. The quantitative estimate of drug-likeness (QED) is 0.739. The third-order valence-electron chi connectivity index (χ3n) is 1.84. The van der Waals surface area contributed by atoms with Crippen LogP contribution in [-0.4, -0.2) is 5.16 Å². The molecule has 78 valence electrons. The molecule has 0 radical (unpaired) electrons. The molecule has 0 unspecified atom stereocenters. The molecule has 2 aromatic rings. The molecule has 0 spiro atoms. The van der Waals surface area contributed by atoms with Crippen LogP contribution >= 0.6 is 50.1 Å². The van der Waals surface area contributed by atoms with Crippen LogP contribution in [0.3, 0.4) is 0 Å². The smallest absolute Gasteiger partial charge is 0.182 e. The molecule has 0 saturated heterocycles. The minimum Gasteiger partial charge on any atom is -0.380 e. The van der Waals surface area contributed by atoms with Crippen LogP contribution in [0.4, 0.5) is 5.82 Å². The van der Waals surface area contributed by atoms with Gasteiger partial charge in [-0.15, -0.1) is 0 Å². The zero-order valence-electron chi connectivity index (χ0n) is 7.30. The molecule has 0 atom stereocenters. The van der Waals surface area contributed by atoms with Gasteiger partial charge < -0.3 is 10.3 Å². The predicted octanol–water partition coefficient (Wildman–Crippen LogP) is 3.94. The molecule has 1 heterocycles. The van der Waals surface area contributed by atoms with Gasteiger partial charge in [-0.2, -0.15) is 0 Å². The first-order chi connectivity index (χ1) is 7.09. The second-order valence-corrected chi connectivity index (χ2v) is 5.18. The van der Waals surface area contributed by atoms with Gasteiger partial charge in [0.15, 0.2) is 11.6 Å². The first-order valence-corrected chi connectivity index (χ1v) is 6.20. The summed E-state index contributed by atoms with van der Waals surface area (Å²) in [6, 6.07) is 5.51. The molecule has 0 bridgehead atoms. The van der Waals surface area contributed by atoms with E-state index >= 15 is 0 Å². The molecule has 0 fully saturated rings. The van der Waals surface area contributed by atoms with E-state index in [4.69, 9.17) is 21.9 Å². The molecule has 0 aliphatic carbocycles. The molecule has 0 saturated carbocycles. The van der Waals surface area contributed by atoms with Crippen LogP contribution in [0, 0.1) is 3.57 Å². The number of nitrogen functional groups attached to an aromatic ring is 1. The minimum absolute atomic E-state index is 0.400. The Morgan fingerprint density at radius 2 is 2.20 bits per heavy atom. The highest BCUT2D eigenvalue weighted by atomic mass is 127. The first kappa shape index (κ1) is 11.2. The van der Waals surface area contributed by atoms with Gasteiger partial charge in [0, 0.05) is 10.0 Å². The number of benzene rings is 1. The summed E-state index contributed by atoms with van der Waals surface area (Å²) in [7, 11) is 0. The topological polar surface area (TPSA) is 52.0 Å². The molecular weight excluding hydrogens is 394 g/mol. The number of anilines is 1. The third-order valence-corrected chi connectivity index (χ3v) is 4.10. The number of hydrogen-bond donors (Lipinski definition) is 1. The summed E-state index contributed by atoms with van der Waals surface area (Å²) in [6.45, 7) is 0. The Morgan fingerprint density at radius 3 is 2.73 bits per heavy atom. The van der Waals surface area contributed by atoms with Crippen LogP contribution in [-0.2, 0) is 0 Å². The molecule has 0 aliphatic heterocycles. The largest absolute Gasteiger partial charge is 0.380 e. The Balaban J connectivity index is 2.55. The van der Waals surface area contributed by atoms with Crippen LogP contribution < -0.4 is 5.73 Å². The standard InChI is InChI=1S/C9H5BrClIN2O/c10-5-3-4(1-2-6(5)11)8-7(12)9(13)14-15-8/h1-3H,(H2,13,14). The number of halogens is 3. The Hall–Kier alpha value is -0.270. The van der Waals surface area contributed by atoms with E-state index < -0.39 is 0 Å². The average molecular weight is 399 g/mol. The van der Waals surface area contributed by atoms with Crippen molar-refractivity contribution in [3.8, 4) is 11.3 Å². The second kappa shape index (κ2) is 4.31. The van der Waals surface area contributed by atoms with Gasteiger partial charge in [-0.05, 0) is 56.7 Å². The first-order valence-electron chi connectivity index (χ1n) is 3.95. The van der Waals surface area contributed by atoms with Gasteiger partial charge in [0.2, 0.25) is 0 Å². The maximum absolute atomic E-state index is 5.89. The van der Waals surface area contributed by atoms with Crippen molar-refractivity contribution in [1.29, 1.82) is 0 Å². The zero-order chi connectivity index (χ0) is 11.0. The van der Waals surface area contributed by atoms with Crippen molar-refractivity contribution in [2.24, 2.45) is 0 Å². The molecule has 15 heavy (non-hydrogen) atoms. The number of nitrogens with zero attached hydrogens (tertiary/aromatic N) is 1. The van der Waals surface area contributed by atoms with E-state index in [0.717, 1.165) is 13.6 Å². The number of hydrogen-bond acceptors (Lipinski definition) is 3. The van der Waals surface area contributed by atoms with Gasteiger partial charge in [0.05, 0.1) is 5.02 Å². The molecule has 3 nitrogen and oxygen atoms in total. The van der Waals surface area contributed by atoms with Crippen LogP contribution in [0.2, 0.25) is 5.02 Å². The Bertz CT molecular complexity index is 515. The molecule has 2 N–H and O–H groups in total. The number of nitrogens with two attached hydrogens (primary N) is 1. The van der Waals surface area contributed by atoms with Crippen LogP contribution in [0.15, 0.2) is 27.2 Å². The summed E-state index contributed by atoms with van der Waals surface area (Å²) in [5.74, 6) is 1.06. The lowest BCUT2D eigenvalue weighted by molar-refractivity contribution is 0.435. The fourth-order valence-corrected chi connectivity index (χ4v) is 2.11. The van der Waals surface area contributed by atoms with Crippen molar-refractivity contribution in [2.75, 3.05) is 5.73 Å². The zero-order valence-corrected chi connectivity index (χ0v) is 11.8. The predicted molar refractivity (Wildman–Crippen MR) is 71.8 cm³/mol. The second-order valence-electron chi connectivity index (χ2n) is 2.84. The van der Waals surface area contributed by atoms with Crippen LogP contribution in [0.25, 0.3) is 11.3 Å². The van der Waals surface area contributed by atoms with E-state index in [2.05, 4.69) is 43.7 Å². The fraction of sp³-hybridized carbons (Fsp3) is 0. The highest BCUT2D eigenvalue weighted by Gasteiger charge is 2.13. The van der Waals surface area contributed by atoms with E-state index in [1.54, 1.807) is 6.07 Å². The summed E-state index contributed by atoms with van der Waals surface area (Å²) < 4.78 is 6.75. The maximum atomic E-state index is 5.89. The molecule has 1 aromatic heterocycles. The van der Waals surface area contributed by atoms with E-state index in [1.165, 1.54) is 0 Å². The van der Waals surface area contributed by atoms with E-state index in [9.17, 15) is 0 Å². The molecule has 6 heteroatoms. The van der Waals surface area contributed by atoms with Crippen LogP contribution in [0.5, 0.6) is 0 Å². The van der Waals surface area contributed by atoms with E-state index in [1.807, 2.05) is 12.1 Å². The average Bonchev–Trinajstić information content (AvgIpc) is 2.53. The van der Waals surface area contributed by atoms with Gasteiger partial charge in [-0.1, -0.05) is 16.8 Å². The molecular formula is C9H5BrClIN2O. The van der Waals surface area contributed by atoms with Crippen molar-refractivity contribution in [2.45, 2.75) is 0 Å². The normalized spacial score (nSPS) is 10.6. The lowest BCUT2D eigenvalue weighted by Crippen LogP contribution is -1.86. The highest BCUT2D eigenvalue weighted by molar-refractivity contribution is 14.1. The monoisotopic (exact) mass is 398 g/mol.